The highest BCUT2D eigenvalue weighted by Crippen LogP contribution is 2.27. The van der Waals surface area contributed by atoms with E-state index in [9.17, 15) is 0 Å². The first kappa shape index (κ1) is 13.4. The van der Waals surface area contributed by atoms with Gasteiger partial charge in [0.25, 0.3) is 0 Å². The zero-order chi connectivity index (χ0) is 13.9. The van der Waals surface area contributed by atoms with Crippen molar-refractivity contribution in [2.45, 2.75) is 26.2 Å². The summed E-state index contributed by atoms with van der Waals surface area (Å²) in [7, 11) is 2.06. The topological polar surface area (TPSA) is 29.9 Å². The normalized spacial score (nSPS) is 19.2. The lowest BCUT2D eigenvalue weighted by Crippen LogP contribution is -2.31. The van der Waals surface area contributed by atoms with Crippen molar-refractivity contribution in [2.75, 3.05) is 13.1 Å². The van der Waals surface area contributed by atoms with Crippen molar-refractivity contribution < 1.29 is 0 Å². The maximum absolute atomic E-state index is 4.48. The minimum atomic E-state index is 0.739. The van der Waals surface area contributed by atoms with Crippen LogP contribution >= 0.6 is 0 Å². The molecule has 0 spiro atoms. The molecule has 3 nitrogen and oxygen atoms in total. The Morgan fingerprint density at radius 2 is 2.30 bits per heavy atom. The van der Waals surface area contributed by atoms with E-state index in [1.807, 2.05) is 10.9 Å². The smallest absolute Gasteiger partial charge is 0.0571 e. The number of rotatable bonds is 3. The van der Waals surface area contributed by atoms with Gasteiger partial charge >= 0.3 is 0 Å². The van der Waals surface area contributed by atoms with Gasteiger partial charge < -0.3 is 5.32 Å². The summed E-state index contributed by atoms with van der Waals surface area (Å²) in [6, 6.07) is 8.71. The van der Waals surface area contributed by atoms with Gasteiger partial charge in [-0.3, -0.25) is 4.68 Å². The molecule has 1 aromatic heterocycles. The molecule has 1 aliphatic rings. The van der Waals surface area contributed by atoms with Crippen LogP contribution in [-0.4, -0.2) is 22.9 Å². The highest BCUT2D eigenvalue weighted by Gasteiger charge is 2.18. The molecule has 1 N–H and O–H groups in total. The maximum atomic E-state index is 4.48. The molecule has 1 aliphatic heterocycles. The molecule has 2 heterocycles. The number of aromatic nitrogens is 2. The Bertz CT molecular complexity index is 580. The second kappa shape index (κ2) is 5.80. The van der Waals surface area contributed by atoms with Gasteiger partial charge in [0.15, 0.2) is 0 Å². The second-order valence-corrected chi connectivity index (χ2v) is 5.91. The Morgan fingerprint density at radius 3 is 3.05 bits per heavy atom. The molecule has 2 aromatic rings. The van der Waals surface area contributed by atoms with Crippen LogP contribution in [0.5, 0.6) is 0 Å². The fourth-order valence-electron chi connectivity index (χ4n) is 3.13. The summed E-state index contributed by atoms with van der Waals surface area (Å²) in [5.41, 5.74) is 5.25. The van der Waals surface area contributed by atoms with Gasteiger partial charge in [0.1, 0.15) is 0 Å². The predicted molar refractivity (Wildman–Crippen MR) is 82.7 cm³/mol. The van der Waals surface area contributed by atoms with E-state index >= 15 is 0 Å². The standard InChI is InChI=1S/C17H23N3/c1-13-5-3-7-15(9-13)16-12-19-20(2)17(16)10-14-6-4-8-18-11-14/h3,5,7,9,12,14,18H,4,6,8,10-11H2,1-2H3. The van der Waals surface area contributed by atoms with Crippen molar-refractivity contribution in [2.24, 2.45) is 13.0 Å². The Morgan fingerprint density at radius 1 is 1.40 bits per heavy atom. The predicted octanol–water partition coefficient (Wildman–Crippen LogP) is 2.94. The lowest BCUT2D eigenvalue weighted by molar-refractivity contribution is 0.370. The first-order chi connectivity index (χ1) is 9.74. The van der Waals surface area contributed by atoms with Crippen LogP contribution in [0, 0.1) is 12.8 Å². The van der Waals surface area contributed by atoms with Crippen LogP contribution in [0.4, 0.5) is 0 Å². The molecule has 1 aromatic carbocycles. The summed E-state index contributed by atoms with van der Waals surface area (Å²) in [4.78, 5) is 0. The molecule has 1 unspecified atom stereocenters. The van der Waals surface area contributed by atoms with Crippen LogP contribution in [0.2, 0.25) is 0 Å². The second-order valence-electron chi connectivity index (χ2n) is 5.91. The van der Waals surface area contributed by atoms with Crippen LogP contribution in [-0.2, 0) is 13.5 Å². The zero-order valence-electron chi connectivity index (χ0n) is 12.4. The molecular formula is C17H23N3. The van der Waals surface area contributed by atoms with Crippen molar-refractivity contribution in [3.05, 3.63) is 41.7 Å². The van der Waals surface area contributed by atoms with E-state index in [2.05, 4.69) is 48.7 Å². The molecule has 0 bridgehead atoms. The molecule has 1 atom stereocenters. The molecule has 3 heteroatoms. The van der Waals surface area contributed by atoms with E-state index in [0.29, 0.717) is 0 Å². The van der Waals surface area contributed by atoms with E-state index < -0.39 is 0 Å². The van der Waals surface area contributed by atoms with Crippen molar-refractivity contribution in [3.8, 4) is 11.1 Å². The number of nitrogens with one attached hydrogen (secondary N) is 1. The van der Waals surface area contributed by atoms with Gasteiger partial charge in [-0.2, -0.15) is 5.10 Å². The third-order valence-electron chi connectivity index (χ3n) is 4.27. The minimum Gasteiger partial charge on any atom is -0.316 e. The lowest BCUT2D eigenvalue weighted by Gasteiger charge is -2.23. The van der Waals surface area contributed by atoms with E-state index in [0.717, 1.165) is 18.9 Å². The highest BCUT2D eigenvalue weighted by atomic mass is 15.3. The van der Waals surface area contributed by atoms with Gasteiger partial charge in [0.2, 0.25) is 0 Å². The quantitative estimate of drug-likeness (QED) is 0.928. The van der Waals surface area contributed by atoms with Crippen molar-refractivity contribution >= 4 is 0 Å². The Kier molecular flexibility index (Phi) is 3.88. The monoisotopic (exact) mass is 269 g/mol. The zero-order valence-corrected chi connectivity index (χ0v) is 12.4. The van der Waals surface area contributed by atoms with Gasteiger partial charge in [-0.15, -0.1) is 0 Å². The molecule has 0 radical (unpaired) electrons. The fourth-order valence-corrected chi connectivity index (χ4v) is 3.13. The molecule has 106 valence electrons. The van der Waals surface area contributed by atoms with Crippen LogP contribution in [0.1, 0.15) is 24.1 Å². The molecule has 1 fully saturated rings. The van der Waals surface area contributed by atoms with E-state index in [4.69, 9.17) is 0 Å². The number of aryl methyl sites for hydroxylation is 2. The number of hydrogen-bond donors (Lipinski definition) is 1. The highest BCUT2D eigenvalue weighted by molar-refractivity contribution is 5.66. The van der Waals surface area contributed by atoms with Crippen LogP contribution in [0.15, 0.2) is 30.5 Å². The van der Waals surface area contributed by atoms with Gasteiger partial charge in [-0.1, -0.05) is 29.8 Å². The van der Waals surface area contributed by atoms with Crippen LogP contribution in [0.25, 0.3) is 11.1 Å². The van der Waals surface area contributed by atoms with Crippen LogP contribution < -0.4 is 5.32 Å². The Labute approximate surface area is 121 Å². The average molecular weight is 269 g/mol. The van der Waals surface area contributed by atoms with Crippen molar-refractivity contribution in [1.82, 2.24) is 15.1 Å². The maximum Gasteiger partial charge on any atom is 0.0571 e. The summed E-state index contributed by atoms with van der Waals surface area (Å²) in [5.74, 6) is 0.739. The molecule has 0 saturated carbocycles. The number of benzene rings is 1. The minimum absolute atomic E-state index is 0.739. The van der Waals surface area contributed by atoms with Gasteiger partial charge in [-0.05, 0) is 50.8 Å². The van der Waals surface area contributed by atoms with Gasteiger partial charge in [0.05, 0.1) is 6.20 Å². The number of nitrogens with zero attached hydrogens (tertiary/aromatic N) is 2. The van der Waals surface area contributed by atoms with E-state index in [-0.39, 0.29) is 0 Å². The lowest BCUT2D eigenvalue weighted by atomic mass is 9.92. The fraction of sp³-hybridized carbons (Fsp3) is 0.471. The summed E-state index contributed by atoms with van der Waals surface area (Å²) >= 11 is 0. The van der Waals surface area contributed by atoms with Gasteiger partial charge in [-0.25, -0.2) is 0 Å². The molecule has 1 saturated heterocycles. The average Bonchev–Trinajstić information content (AvgIpc) is 2.82. The Hall–Kier alpha value is -1.61. The van der Waals surface area contributed by atoms with E-state index in [1.54, 1.807) is 0 Å². The van der Waals surface area contributed by atoms with Crippen molar-refractivity contribution in [3.63, 3.8) is 0 Å². The third kappa shape index (κ3) is 2.78. The summed E-state index contributed by atoms with van der Waals surface area (Å²) in [6.07, 6.45) is 5.75. The van der Waals surface area contributed by atoms with Crippen molar-refractivity contribution in [1.29, 1.82) is 0 Å². The molecular weight excluding hydrogens is 246 g/mol. The third-order valence-corrected chi connectivity index (χ3v) is 4.27. The SMILES string of the molecule is Cc1cccc(-c2cnn(C)c2CC2CCCNC2)c1. The largest absolute Gasteiger partial charge is 0.316 e. The summed E-state index contributed by atoms with van der Waals surface area (Å²) in [5, 5.41) is 7.99. The first-order valence-corrected chi connectivity index (χ1v) is 7.52. The van der Waals surface area contributed by atoms with Crippen LogP contribution in [0.3, 0.4) is 0 Å². The first-order valence-electron chi connectivity index (χ1n) is 7.52. The number of piperidine rings is 1. The molecule has 0 amide bonds. The molecule has 3 rings (SSSR count). The Balaban J connectivity index is 1.88. The number of hydrogen-bond acceptors (Lipinski definition) is 2. The summed E-state index contributed by atoms with van der Waals surface area (Å²) in [6.45, 7) is 4.45. The van der Waals surface area contributed by atoms with Gasteiger partial charge in [0, 0.05) is 18.3 Å². The summed E-state index contributed by atoms with van der Waals surface area (Å²) < 4.78 is 2.05. The molecule has 20 heavy (non-hydrogen) atoms. The van der Waals surface area contributed by atoms with E-state index in [1.165, 1.54) is 41.8 Å². The molecule has 0 aliphatic carbocycles.